The topological polar surface area (TPSA) is 114 Å². The van der Waals surface area contributed by atoms with Crippen LogP contribution in [-0.2, 0) is 11.2 Å². The highest BCUT2D eigenvalue weighted by Crippen LogP contribution is 2.32. The van der Waals surface area contributed by atoms with Gasteiger partial charge in [0.05, 0.1) is 0 Å². The normalized spacial score (nSPS) is 12.9. The monoisotopic (exact) mass is 516 g/mol. The highest BCUT2D eigenvalue weighted by Gasteiger charge is 2.13. The van der Waals surface area contributed by atoms with E-state index >= 15 is 0 Å². The fourth-order valence-electron chi connectivity index (χ4n) is 3.99. The van der Waals surface area contributed by atoms with Gasteiger partial charge in [-0.05, 0) is 73.9 Å². The Morgan fingerprint density at radius 2 is 1.92 bits per heavy atom. The van der Waals surface area contributed by atoms with Gasteiger partial charge in [-0.3, -0.25) is 20.4 Å². The first-order chi connectivity index (χ1) is 17.9. The van der Waals surface area contributed by atoms with Crippen molar-refractivity contribution in [3.8, 4) is 11.5 Å². The van der Waals surface area contributed by atoms with Gasteiger partial charge in [0.15, 0.2) is 11.5 Å². The largest absolute Gasteiger partial charge is 0.454 e. The van der Waals surface area contributed by atoms with Crippen molar-refractivity contribution < 1.29 is 14.3 Å². The third-order valence-corrected chi connectivity index (χ3v) is 5.89. The molecule has 10 heteroatoms. The fraction of sp³-hybridized carbons (Fsp3) is 0.185. The molecule has 37 heavy (non-hydrogen) atoms. The number of aryl methyl sites for hydroxylation is 2. The maximum Gasteiger partial charge on any atom is 0.250 e. The zero-order chi connectivity index (χ0) is 25.8. The van der Waals surface area contributed by atoms with Crippen LogP contribution in [0.4, 0.5) is 5.95 Å². The molecule has 9 nitrogen and oxygen atoms in total. The maximum absolute atomic E-state index is 12.8. The second-order valence-corrected chi connectivity index (χ2v) is 8.96. The summed E-state index contributed by atoms with van der Waals surface area (Å²) >= 11 is 6.17. The van der Waals surface area contributed by atoms with E-state index in [-0.39, 0.29) is 18.7 Å². The van der Waals surface area contributed by atoms with E-state index in [1.807, 2.05) is 62.5 Å². The molecule has 0 atom stereocenters. The summed E-state index contributed by atoms with van der Waals surface area (Å²) in [6.07, 6.45) is 5.71. The van der Waals surface area contributed by atoms with Crippen molar-refractivity contribution >= 4 is 46.4 Å². The first-order valence-electron chi connectivity index (χ1n) is 11.7. The first kappa shape index (κ1) is 24.3. The van der Waals surface area contributed by atoms with Gasteiger partial charge in [0, 0.05) is 46.1 Å². The molecule has 2 aromatic carbocycles. The van der Waals surface area contributed by atoms with Crippen LogP contribution in [0, 0.1) is 13.8 Å². The molecule has 3 N–H and O–H groups in total. The molecule has 0 bridgehead atoms. The van der Waals surface area contributed by atoms with E-state index in [1.54, 1.807) is 6.08 Å². The summed E-state index contributed by atoms with van der Waals surface area (Å²) in [5.41, 5.74) is 4.50. The molecule has 5 rings (SSSR count). The summed E-state index contributed by atoms with van der Waals surface area (Å²) < 4.78 is 10.7. The molecule has 0 saturated heterocycles. The van der Waals surface area contributed by atoms with Gasteiger partial charge in [-0.15, -0.1) is 0 Å². The number of nitrogens with zero attached hydrogens (tertiary/aromatic N) is 3. The first-order valence-corrected chi connectivity index (χ1v) is 12.1. The number of carbonyl (C=O) groups excluding carboxylic acids is 1. The number of halogens is 1. The Kier molecular flexibility index (Phi) is 7.04. The van der Waals surface area contributed by atoms with Crippen molar-refractivity contribution in [2.45, 2.75) is 20.3 Å². The van der Waals surface area contributed by atoms with Crippen molar-refractivity contribution in [2.75, 3.05) is 18.7 Å². The SMILES string of the molecule is Cc1cc(C)nc(NC(=NCCc2c[nH]c3ccc(Cl)cc23)NC(=O)/C=C/c2ccc3c(c2)OCO3)n1. The zero-order valence-electron chi connectivity index (χ0n) is 20.3. The van der Waals surface area contributed by atoms with Crippen molar-refractivity contribution in [1.82, 2.24) is 20.3 Å². The van der Waals surface area contributed by atoms with E-state index in [2.05, 4.69) is 30.6 Å². The predicted octanol–water partition coefficient (Wildman–Crippen LogP) is 4.80. The molecule has 0 saturated carbocycles. The van der Waals surface area contributed by atoms with Crippen LogP contribution >= 0.6 is 11.6 Å². The molecule has 188 valence electrons. The number of aromatic amines is 1. The van der Waals surface area contributed by atoms with Crippen LogP contribution in [0.2, 0.25) is 5.02 Å². The highest BCUT2D eigenvalue weighted by atomic mass is 35.5. The summed E-state index contributed by atoms with van der Waals surface area (Å²) in [5.74, 6) is 1.59. The van der Waals surface area contributed by atoms with E-state index in [0.717, 1.165) is 33.4 Å². The summed E-state index contributed by atoms with van der Waals surface area (Å²) in [4.78, 5) is 29.4. The van der Waals surface area contributed by atoms with E-state index in [0.29, 0.717) is 35.4 Å². The Morgan fingerprint density at radius 3 is 2.76 bits per heavy atom. The van der Waals surface area contributed by atoms with Crippen molar-refractivity contribution in [2.24, 2.45) is 4.99 Å². The number of aliphatic imine (C=N–C) groups is 1. The highest BCUT2D eigenvalue weighted by molar-refractivity contribution is 6.31. The third-order valence-electron chi connectivity index (χ3n) is 5.66. The van der Waals surface area contributed by atoms with Crippen LogP contribution in [0.15, 0.2) is 59.7 Å². The van der Waals surface area contributed by atoms with Crippen molar-refractivity contribution in [3.05, 3.63) is 82.3 Å². The molecular weight excluding hydrogens is 492 g/mol. The second kappa shape index (κ2) is 10.7. The number of fused-ring (bicyclic) bond motifs is 2. The van der Waals surface area contributed by atoms with Gasteiger partial charge in [0.25, 0.3) is 5.91 Å². The average Bonchev–Trinajstić information content (AvgIpc) is 3.48. The Balaban J connectivity index is 1.31. The number of hydrogen-bond donors (Lipinski definition) is 3. The van der Waals surface area contributed by atoms with Crippen LogP contribution in [0.1, 0.15) is 22.5 Å². The zero-order valence-corrected chi connectivity index (χ0v) is 21.1. The third kappa shape index (κ3) is 6.07. The molecule has 1 aliphatic heterocycles. The lowest BCUT2D eigenvalue weighted by molar-refractivity contribution is -0.115. The standard InChI is InChI=1S/C27H25ClN6O3/c1-16-11-17(2)32-27(31-16)34-26(29-10-9-19-14-30-22-6-5-20(28)13-21(19)22)33-25(35)8-4-18-3-7-23-24(12-18)37-15-36-23/h3-8,11-14,30H,9-10,15H2,1-2H3,(H2,29,31,32,33,34,35)/b8-4+. The molecule has 4 aromatic rings. The Hall–Kier alpha value is -4.37. The summed E-state index contributed by atoms with van der Waals surface area (Å²) in [6.45, 7) is 4.37. The molecule has 1 amide bonds. The number of carbonyl (C=O) groups is 1. The van der Waals surface area contributed by atoms with Crippen molar-refractivity contribution in [1.29, 1.82) is 0 Å². The number of nitrogens with one attached hydrogen (secondary N) is 3. The van der Waals surface area contributed by atoms with E-state index in [4.69, 9.17) is 21.1 Å². The van der Waals surface area contributed by atoms with Gasteiger partial charge < -0.3 is 14.5 Å². The van der Waals surface area contributed by atoms with Gasteiger partial charge in [-0.2, -0.15) is 0 Å². The number of rotatable bonds is 6. The molecule has 0 aliphatic carbocycles. The lowest BCUT2D eigenvalue weighted by Crippen LogP contribution is -2.35. The fourth-order valence-corrected chi connectivity index (χ4v) is 4.16. The minimum Gasteiger partial charge on any atom is -0.454 e. The van der Waals surface area contributed by atoms with E-state index in [1.165, 1.54) is 6.08 Å². The molecule has 1 aliphatic rings. The number of guanidine groups is 1. The molecule has 0 unspecified atom stereocenters. The molecule has 0 spiro atoms. The molecule has 0 radical (unpaired) electrons. The van der Waals surface area contributed by atoms with E-state index in [9.17, 15) is 4.79 Å². The minimum atomic E-state index is -0.354. The lowest BCUT2D eigenvalue weighted by atomic mass is 10.1. The number of H-pyrrole nitrogens is 1. The van der Waals surface area contributed by atoms with Gasteiger partial charge in [0.1, 0.15) is 0 Å². The molecule has 0 fully saturated rings. The van der Waals surface area contributed by atoms with Crippen LogP contribution in [-0.4, -0.2) is 40.2 Å². The van der Waals surface area contributed by atoms with E-state index < -0.39 is 0 Å². The number of anilines is 1. The number of ether oxygens (including phenoxy) is 2. The Labute approximate surface area is 218 Å². The van der Waals surface area contributed by atoms with Gasteiger partial charge in [0.2, 0.25) is 18.7 Å². The summed E-state index contributed by atoms with van der Waals surface area (Å²) in [7, 11) is 0. The molecule has 2 aromatic heterocycles. The van der Waals surface area contributed by atoms with Crippen LogP contribution in [0.3, 0.4) is 0 Å². The smallest absolute Gasteiger partial charge is 0.250 e. The van der Waals surface area contributed by atoms with Crippen LogP contribution in [0.25, 0.3) is 17.0 Å². The Morgan fingerprint density at radius 1 is 1.11 bits per heavy atom. The maximum atomic E-state index is 12.8. The average molecular weight is 517 g/mol. The van der Waals surface area contributed by atoms with Crippen LogP contribution < -0.4 is 20.1 Å². The summed E-state index contributed by atoms with van der Waals surface area (Å²) in [6, 6.07) is 13.1. The lowest BCUT2D eigenvalue weighted by Gasteiger charge is -2.10. The molecular formula is C27H25ClN6O3. The predicted molar refractivity (Wildman–Crippen MR) is 144 cm³/mol. The quantitative estimate of drug-likeness (QED) is 0.193. The van der Waals surface area contributed by atoms with Crippen molar-refractivity contribution in [3.63, 3.8) is 0 Å². The Bertz CT molecular complexity index is 1510. The van der Waals surface area contributed by atoms with Crippen LogP contribution in [0.5, 0.6) is 11.5 Å². The molecule has 3 heterocycles. The number of hydrogen-bond acceptors (Lipinski definition) is 6. The van der Waals surface area contributed by atoms with Gasteiger partial charge >= 0.3 is 0 Å². The number of amides is 1. The summed E-state index contributed by atoms with van der Waals surface area (Å²) in [5, 5.41) is 7.57. The number of aromatic nitrogens is 3. The minimum absolute atomic E-state index is 0.195. The second-order valence-electron chi connectivity index (χ2n) is 8.52. The van der Waals surface area contributed by atoms with Gasteiger partial charge in [-0.1, -0.05) is 17.7 Å². The van der Waals surface area contributed by atoms with Gasteiger partial charge in [-0.25, -0.2) is 9.97 Å². The number of benzene rings is 2.